The minimum Gasteiger partial charge on any atom is -0.493 e. The Labute approximate surface area is 182 Å². The van der Waals surface area contributed by atoms with Crippen LogP contribution in [0.15, 0.2) is 60.7 Å². The Hall–Kier alpha value is -3.54. The Morgan fingerprint density at radius 1 is 1.03 bits per heavy atom. The van der Waals surface area contributed by atoms with Gasteiger partial charge in [-0.15, -0.1) is 0 Å². The second-order valence-corrected chi connectivity index (χ2v) is 7.79. The van der Waals surface area contributed by atoms with Crippen LogP contribution in [0.2, 0.25) is 0 Å². The van der Waals surface area contributed by atoms with Crippen molar-refractivity contribution in [3.05, 3.63) is 66.2 Å². The molecule has 2 amide bonds. The molecule has 1 aliphatic rings. The number of anilines is 1. The van der Waals surface area contributed by atoms with Gasteiger partial charge in [-0.2, -0.15) is 0 Å². The number of hydrogen-bond acceptors (Lipinski definition) is 4. The van der Waals surface area contributed by atoms with Gasteiger partial charge in [-0.1, -0.05) is 42.5 Å². The molecule has 0 unspecified atom stereocenters. The van der Waals surface area contributed by atoms with Crippen LogP contribution in [0.5, 0.6) is 11.5 Å². The Balaban J connectivity index is 1.49. The summed E-state index contributed by atoms with van der Waals surface area (Å²) in [5, 5.41) is 2.10. The highest BCUT2D eigenvalue weighted by atomic mass is 16.5. The average Bonchev–Trinajstić information content (AvgIpc) is 3.19. The summed E-state index contributed by atoms with van der Waals surface area (Å²) in [4.78, 5) is 29.3. The highest BCUT2D eigenvalue weighted by Crippen LogP contribution is 2.33. The normalized spacial score (nSPS) is 15.9. The van der Waals surface area contributed by atoms with Crippen LogP contribution in [0, 0.1) is 5.92 Å². The molecule has 6 nitrogen and oxygen atoms in total. The molecule has 31 heavy (non-hydrogen) atoms. The van der Waals surface area contributed by atoms with Crippen molar-refractivity contribution in [1.82, 2.24) is 4.90 Å². The summed E-state index contributed by atoms with van der Waals surface area (Å²) in [6.07, 6.45) is 0.221. The number of carbonyl (C=O) groups excluding carboxylic acids is 2. The van der Waals surface area contributed by atoms with E-state index in [-0.39, 0.29) is 24.2 Å². The van der Waals surface area contributed by atoms with Gasteiger partial charge in [0.2, 0.25) is 11.8 Å². The maximum absolute atomic E-state index is 13.1. The van der Waals surface area contributed by atoms with Gasteiger partial charge in [0.05, 0.1) is 25.8 Å². The summed E-state index contributed by atoms with van der Waals surface area (Å²) in [6.45, 7) is 0.820. The van der Waals surface area contributed by atoms with E-state index in [1.165, 1.54) is 0 Å². The van der Waals surface area contributed by atoms with Gasteiger partial charge < -0.3 is 19.3 Å². The second kappa shape index (κ2) is 8.68. The van der Waals surface area contributed by atoms with Crippen LogP contribution in [0.25, 0.3) is 10.8 Å². The Kier molecular flexibility index (Phi) is 5.80. The predicted molar refractivity (Wildman–Crippen MR) is 120 cm³/mol. The Morgan fingerprint density at radius 2 is 1.77 bits per heavy atom. The lowest BCUT2D eigenvalue weighted by Crippen LogP contribution is -2.34. The summed E-state index contributed by atoms with van der Waals surface area (Å²) in [5.74, 6) is 0.850. The maximum Gasteiger partial charge on any atom is 0.228 e. The standard InChI is InChI=1S/C25H26N2O4/c1-26(15-17-11-12-22(30-2)23(13-17)31-3)25(29)19-14-24(28)27(16-19)21-10-6-8-18-7-4-5-9-20(18)21/h4-13,19H,14-16H2,1-3H3/t19-/m0/s1. The summed E-state index contributed by atoms with van der Waals surface area (Å²) in [7, 11) is 4.94. The first kappa shape index (κ1) is 20.7. The van der Waals surface area contributed by atoms with Gasteiger partial charge in [-0.3, -0.25) is 9.59 Å². The van der Waals surface area contributed by atoms with Crippen LogP contribution in [0.3, 0.4) is 0 Å². The summed E-state index contributed by atoms with van der Waals surface area (Å²) < 4.78 is 10.6. The van der Waals surface area contributed by atoms with Crippen LogP contribution >= 0.6 is 0 Å². The van der Waals surface area contributed by atoms with Gasteiger partial charge in [0.15, 0.2) is 11.5 Å². The number of hydrogen-bond donors (Lipinski definition) is 0. The number of nitrogens with zero attached hydrogens (tertiary/aromatic N) is 2. The number of benzene rings is 3. The summed E-state index contributed by atoms with van der Waals surface area (Å²) in [5.41, 5.74) is 1.80. The van der Waals surface area contributed by atoms with E-state index in [0.29, 0.717) is 24.6 Å². The summed E-state index contributed by atoms with van der Waals surface area (Å²) >= 11 is 0. The van der Waals surface area contributed by atoms with Gasteiger partial charge in [-0.05, 0) is 29.1 Å². The molecular formula is C25H26N2O4. The largest absolute Gasteiger partial charge is 0.493 e. The van der Waals surface area contributed by atoms with Gasteiger partial charge in [-0.25, -0.2) is 0 Å². The lowest BCUT2D eigenvalue weighted by molar-refractivity contribution is -0.135. The second-order valence-electron chi connectivity index (χ2n) is 7.79. The molecule has 0 N–H and O–H groups in total. The van der Waals surface area contributed by atoms with E-state index < -0.39 is 0 Å². The minimum atomic E-state index is -0.364. The van der Waals surface area contributed by atoms with E-state index in [1.807, 2.05) is 60.7 Å². The molecule has 3 aromatic carbocycles. The van der Waals surface area contributed by atoms with Crippen molar-refractivity contribution >= 4 is 28.3 Å². The van der Waals surface area contributed by atoms with Gasteiger partial charge in [0.1, 0.15) is 0 Å². The van der Waals surface area contributed by atoms with Crippen molar-refractivity contribution in [1.29, 1.82) is 0 Å². The topological polar surface area (TPSA) is 59.1 Å². The van der Waals surface area contributed by atoms with Crippen molar-refractivity contribution in [2.75, 3.05) is 32.7 Å². The van der Waals surface area contributed by atoms with Crippen LogP contribution in [0.1, 0.15) is 12.0 Å². The lowest BCUT2D eigenvalue weighted by atomic mass is 10.1. The average molecular weight is 418 g/mol. The Morgan fingerprint density at radius 3 is 2.55 bits per heavy atom. The number of fused-ring (bicyclic) bond motifs is 1. The Bertz CT molecular complexity index is 1120. The predicted octanol–water partition coefficient (Wildman–Crippen LogP) is 3.87. The first-order valence-electron chi connectivity index (χ1n) is 10.3. The zero-order chi connectivity index (χ0) is 22.0. The van der Waals surface area contributed by atoms with Gasteiger partial charge in [0, 0.05) is 31.9 Å². The first-order valence-corrected chi connectivity index (χ1v) is 10.3. The van der Waals surface area contributed by atoms with Crippen molar-refractivity contribution in [3.63, 3.8) is 0 Å². The number of amides is 2. The molecule has 1 atom stereocenters. The smallest absolute Gasteiger partial charge is 0.228 e. The fourth-order valence-electron chi connectivity index (χ4n) is 4.19. The highest BCUT2D eigenvalue weighted by molar-refractivity contribution is 6.06. The fraction of sp³-hybridized carbons (Fsp3) is 0.280. The molecule has 1 heterocycles. The van der Waals surface area contributed by atoms with Crippen LogP contribution < -0.4 is 14.4 Å². The zero-order valence-corrected chi connectivity index (χ0v) is 18.0. The molecule has 0 saturated carbocycles. The van der Waals surface area contributed by atoms with Crippen molar-refractivity contribution in [2.45, 2.75) is 13.0 Å². The van der Waals surface area contributed by atoms with E-state index in [1.54, 1.807) is 31.1 Å². The van der Waals surface area contributed by atoms with Crippen molar-refractivity contribution < 1.29 is 19.1 Å². The molecule has 0 bridgehead atoms. The van der Waals surface area contributed by atoms with E-state index in [9.17, 15) is 9.59 Å². The zero-order valence-electron chi connectivity index (χ0n) is 18.0. The van der Waals surface area contributed by atoms with Crippen LogP contribution in [0.4, 0.5) is 5.69 Å². The number of methoxy groups -OCH3 is 2. The maximum atomic E-state index is 13.1. The molecule has 4 rings (SSSR count). The number of rotatable bonds is 6. The van der Waals surface area contributed by atoms with Gasteiger partial charge in [0.25, 0.3) is 0 Å². The van der Waals surface area contributed by atoms with Crippen LogP contribution in [-0.2, 0) is 16.1 Å². The van der Waals surface area contributed by atoms with E-state index >= 15 is 0 Å². The number of carbonyl (C=O) groups is 2. The van der Waals surface area contributed by atoms with Crippen LogP contribution in [-0.4, -0.2) is 44.5 Å². The van der Waals surface area contributed by atoms with Gasteiger partial charge >= 0.3 is 0 Å². The molecule has 1 fully saturated rings. The first-order chi connectivity index (χ1) is 15.0. The van der Waals surface area contributed by atoms with E-state index in [0.717, 1.165) is 22.0 Å². The molecule has 0 aliphatic carbocycles. The SMILES string of the molecule is COc1ccc(CN(C)C(=O)[C@H]2CC(=O)N(c3cccc4ccccc34)C2)cc1OC. The highest BCUT2D eigenvalue weighted by Gasteiger charge is 2.37. The third-order valence-electron chi connectivity index (χ3n) is 5.78. The molecule has 160 valence electrons. The van der Waals surface area contributed by atoms with E-state index in [2.05, 4.69) is 0 Å². The third kappa shape index (κ3) is 4.06. The van der Waals surface area contributed by atoms with Crippen molar-refractivity contribution in [2.24, 2.45) is 5.92 Å². The molecule has 0 radical (unpaired) electrons. The molecule has 1 saturated heterocycles. The summed E-state index contributed by atoms with van der Waals surface area (Å²) in [6, 6.07) is 19.5. The van der Waals surface area contributed by atoms with Crippen molar-refractivity contribution in [3.8, 4) is 11.5 Å². The molecule has 0 spiro atoms. The molecule has 1 aliphatic heterocycles. The monoisotopic (exact) mass is 418 g/mol. The molecular weight excluding hydrogens is 392 g/mol. The van der Waals surface area contributed by atoms with E-state index in [4.69, 9.17) is 9.47 Å². The molecule has 6 heteroatoms. The fourth-order valence-corrected chi connectivity index (χ4v) is 4.19. The number of ether oxygens (including phenoxy) is 2. The lowest BCUT2D eigenvalue weighted by Gasteiger charge is -2.22. The minimum absolute atomic E-state index is 0.0192. The quantitative estimate of drug-likeness (QED) is 0.610. The molecule has 3 aromatic rings. The molecule has 0 aromatic heterocycles. The third-order valence-corrected chi connectivity index (χ3v) is 5.78.